The molecule has 0 rings (SSSR count). The van der Waals surface area contributed by atoms with Crippen LogP contribution in [-0.2, 0) is 13.6 Å². The lowest BCUT2D eigenvalue weighted by Crippen LogP contribution is -2.14. The molecule has 0 saturated carbocycles. The summed E-state index contributed by atoms with van der Waals surface area (Å²) in [6, 6.07) is 0. The Hall–Kier alpha value is 0.0700. The first-order chi connectivity index (χ1) is 7.11. The van der Waals surface area contributed by atoms with Crippen LogP contribution in [0, 0.1) is 5.92 Å². The maximum Gasteiger partial charge on any atom is 0.330 e. The molecule has 15 heavy (non-hydrogen) atoms. The van der Waals surface area contributed by atoms with Crippen LogP contribution < -0.4 is 0 Å². The summed E-state index contributed by atoms with van der Waals surface area (Å²) >= 11 is 0. The molecule has 0 atom stereocenters. The van der Waals surface area contributed by atoms with Gasteiger partial charge in [0, 0.05) is 19.1 Å². The van der Waals surface area contributed by atoms with E-state index >= 15 is 0 Å². The number of aliphatic hydroxyl groups is 2. The lowest BCUT2D eigenvalue weighted by atomic mass is 10.1. The summed E-state index contributed by atoms with van der Waals surface area (Å²) in [5.74, 6) is -0.251. The fourth-order valence-electron chi connectivity index (χ4n) is 1.14. The van der Waals surface area contributed by atoms with Gasteiger partial charge < -0.3 is 19.3 Å². The van der Waals surface area contributed by atoms with Crippen molar-refractivity contribution in [3.8, 4) is 0 Å². The summed E-state index contributed by atoms with van der Waals surface area (Å²) in [5.41, 5.74) is 0. The van der Waals surface area contributed by atoms with Gasteiger partial charge in [-0.1, -0.05) is 0 Å². The summed E-state index contributed by atoms with van der Waals surface area (Å²) in [6.45, 7) is 3.94. The number of hydrogen-bond acceptors (Lipinski definition) is 5. The smallest absolute Gasteiger partial charge is 0.330 e. The van der Waals surface area contributed by atoms with Crippen molar-refractivity contribution in [2.24, 2.45) is 5.92 Å². The van der Waals surface area contributed by atoms with E-state index in [0.29, 0.717) is 19.6 Å². The Kier molecular flexibility index (Phi) is 8.29. The van der Waals surface area contributed by atoms with E-state index in [2.05, 4.69) is 0 Å². The molecule has 0 fully saturated rings. The van der Waals surface area contributed by atoms with Gasteiger partial charge in [0.15, 0.2) is 0 Å². The highest BCUT2D eigenvalue weighted by atomic mass is 31.2. The van der Waals surface area contributed by atoms with Crippen LogP contribution in [0.15, 0.2) is 0 Å². The monoisotopic (exact) mass is 240 g/mol. The number of aliphatic hydroxyl groups excluding tert-OH is 2. The molecular weight excluding hydrogens is 219 g/mol. The highest BCUT2D eigenvalue weighted by Gasteiger charge is 2.24. The van der Waals surface area contributed by atoms with Crippen LogP contribution in [-0.4, -0.2) is 42.8 Å². The molecule has 5 nitrogen and oxygen atoms in total. The lowest BCUT2D eigenvalue weighted by Gasteiger charge is -2.18. The van der Waals surface area contributed by atoms with E-state index < -0.39 is 7.60 Å². The third kappa shape index (κ3) is 6.28. The SMILES string of the molecule is CCOP(=O)(CCC(CO)CO)OCC. The highest BCUT2D eigenvalue weighted by molar-refractivity contribution is 7.53. The van der Waals surface area contributed by atoms with Crippen LogP contribution in [0.2, 0.25) is 0 Å². The fraction of sp³-hybridized carbons (Fsp3) is 1.00. The quantitative estimate of drug-likeness (QED) is 0.593. The van der Waals surface area contributed by atoms with Gasteiger partial charge in [-0.05, 0) is 20.3 Å². The molecule has 0 heterocycles. The Morgan fingerprint density at radius 2 is 1.60 bits per heavy atom. The second-order valence-electron chi connectivity index (χ2n) is 3.19. The first-order valence-electron chi connectivity index (χ1n) is 5.21. The molecule has 92 valence electrons. The summed E-state index contributed by atoms with van der Waals surface area (Å²) in [5, 5.41) is 17.7. The zero-order valence-electron chi connectivity index (χ0n) is 9.39. The summed E-state index contributed by atoms with van der Waals surface area (Å²) in [7, 11) is -3.02. The molecule has 0 aliphatic heterocycles. The van der Waals surface area contributed by atoms with Gasteiger partial charge in [0.05, 0.1) is 19.4 Å². The average molecular weight is 240 g/mol. The van der Waals surface area contributed by atoms with Gasteiger partial charge in [-0.25, -0.2) is 0 Å². The molecule has 0 aliphatic carbocycles. The van der Waals surface area contributed by atoms with Crippen molar-refractivity contribution in [1.82, 2.24) is 0 Å². The van der Waals surface area contributed by atoms with Gasteiger partial charge >= 0.3 is 7.60 Å². The van der Waals surface area contributed by atoms with E-state index in [-0.39, 0.29) is 25.3 Å². The molecule has 0 unspecified atom stereocenters. The standard InChI is InChI=1S/C9H21O5P/c1-3-13-15(12,14-4-2)6-5-9(7-10)8-11/h9-11H,3-8H2,1-2H3. The molecule has 0 aromatic carbocycles. The van der Waals surface area contributed by atoms with Crippen LogP contribution in [0.4, 0.5) is 0 Å². The Morgan fingerprint density at radius 1 is 1.13 bits per heavy atom. The second kappa shape index (κ2) is 8.25. The molecule has 0 amide bonds. The molecule has 2 N–H and O–H groups in total. The minimum atomic E-state index is -3.02. The van der Waals surface area contributed by atoms with E-state index in [1.54, 1.807) is 13.8 Å². The van der Waals surface area contributed by atoms with Gasteiger partial charge in [-0.3, -0.25) is 4.57 Å². The van der Waals surface area contributed by atoms with E-state index in [1.807, 2.05) is 0 Å². The van der Waals surface area contributed by atoms with Crippen molar-refractivity contribution in [3.05, 3.63) is 0 Å². The lowest BCUT2D eigenvalue weighted by molar-refractivity contribution is 0.144. The fourth-order valence-corrected chi connectivity index (χ4v) is 2.94. The predicted octanol–water partition coefficient (Wildman–Crippen LogP) is 1.24. The Balaban J connectivity index is 4.10. The van der Waals surface area contributed by atoms with E-state index in [9.17, 15) is 4.57 Å². The average Bonchev–Trinajstić information content (AvgIpc) is 2.20. The second-order valence-corrected chi connectivity index (χ2v) is 5.38. The van der Waals surface area contributed by atoms with Crippen LogP contribution in [0.1, 0.15) is 20.3 Å². The van der Waals surface area contributed by atoms with Crippen molar-refractivity contribution in [3.63, 3.8) is 0 Å². The van der Waals surface area contributed by atoms with Gasteiger partial charge in [0.2, 0.25) is 0 Å². The molecule has 0 saturated heterocycles. The van der Waals surface area contributed by atoms with Crippen LogP contribution >= 0.6 is 7.60 Å². The zero-order chi connectivity index (χ0) is 11.7. The van der Waals surface area contributed by atoms with Gasteiger partial charge in [0.25, 0.3) is 0 Å². The van der Waals surface area contributed by atoms with E-state index in [1.165, 1.54) is 0 Å². The molecule has 0 aliphatic rings. The molecule has 6 heteroatoms. The van der Waals surface area contributed by atoms with Crippen LogP contribution in [0.25, 0.3) is 0 Å². The third-order valence-corrected chi connectivity index (χ3v) is 4.09. The minimum absolute atomic E-state index is 0.116. The molecule has 0 aromatic rings. The van der Waals surface area contributed by atoms with Crippen molar-refractivity contribution in [2.75, 3.05) is 32.6 Å². The summed E-state index contributed by atoms with van der Waals surface area (Å²) in [6.07, 6.45) is 0.671. The minimum Gasteiger partial charge on any atom is -0.396 e. The van der Waals surface area contributed by atoms with Crippen molar-refractivity contribution in [1.29, 1.82) is 0 Å². The normalized spacial score (nSPS) is 12.3. The first kappa shape index (κ1) is 15.1. The first-order valence-corrected chi connectivity index (χ1v) is 6.94. The largest absolute Gasteiger partial charge is 0.396 e. The Bertz CT molecular complexity index is 183. The molecule has 0 aromatic heterocycles. The summed E-state index contributed by atoms with van der Waals surface area (Å²) in [4.78, 5) is 0. The van der Waals surface area contributed by atoms with Crippen LogP contribution in [0.5, 0.6) is 0 Å². The van der Waals surface area contributed by atoms with Gasteiger partial charge in [-0.2, -0.15) is 0 Å². The summed E-state index contributed by atoms with van der Waals surface area (Å²) < 4.78 is 22.1. The molecule has 0 radical (unpaired) electrons. The topological polar surface area (TPSA) is 76.0 Å². The van der Waals surface area contributed by atoms with Crippen molar-refractivity contribution in [2.45, 2.75) is 20.3 Å². The van der Waals surface area contributed by atoms with Crippen molar-refractivity contribution < 1.29 is 23.8 Å². The third-order valence-electron chi connectivity index (χ3n) is 1.98. The van der Waals surface area contributed by atoms with E-state index in [4.69, 9.17) is 19.3 Å². The number of hydrogen-bond donors (Lipinski definition) is 2. The van der Waals surface area contributed by atoms with Gasteiger partial charge in [0.1, 0.15) is 0 Å². The number of rotatable bonds is 9. The van der Waals surface area contributed by atoms with Crippen molar-refractivity contribution >= 4 is 7.60 Å². The highest BCUT2D eigenvalue weighted by Crippen LogP contribution is 2.48. The molecule has 0 bridgehead atoms. The Labute approximate surface area is 90.9 Å². The maximum atomic E-state index is 11.9. The predicted molar refractivity (Wildman–Crippen MR) is 58.0 cm³/mol. The molecule has 0 spiro atoms. The van der Waals surface area contributed by atoms with Gasteiger partial charge in [-0.15, -0.1) is 0 Å². The maximum absolute atomic E-state index is 11.9. The van der Waals surface area contributed by atoms with E-state index in [0.717, 1.165) is 0 Å². The zero-order valence-corrected chi connectivity index (χ0v) is 10.3. The molecular formula is C9H21O5P. The van der Waals surface area contributed by atoms with Crippen LogP contribution in [0.3, 0.4) is 0 Å². The Morgan fingerprint density at radius 3 is 1.93 bits per heavy atom.